The Morgan fingerprint density at radius 1 is 1.19 bits per heavy atom. The second kappa shape index (κ2) is 9.26. The molecule has 5 heteroatoms. The molecule has 0 aromatic heterocycles. The summed E-state index contributed by atoms with van der Waals surface area (Å²) < 4.78 is 5.18. The SMILES string of the molecule is CC(CNCCCNC(=O)OC(C)(C)C)N1CCCCC1. The molecule has 0 aliphatic carbocycles. The third kappa shape index (κ3) is 8.94. The number of alkyl carbamates (subject to hydrolysis) is 1. The van der Waals surface area contributed by atoms with Crippen molar-refractivity contribution in [2.24, 2.45) is 0 Å². The van der Waals surface area contributed by atoms with Gasteiger partial charge in [0.2, 0.25) is 0 Å². The van der Waals surface area contributed by atoms with Gasteiger partial charge in [0.05, 0.1) is 0 Å². The first-order valence-corrected chi connectivity index (χ1v) is 8.30. The highest BCUT2D eigenvalue weighted by atomic mass is 16.6. The van der Waals surface area contributed by atoms with Crippen LogP contribution in [-0.2, 0) is 4.74 Å². The molecular weight excluding hydrogens is 266 g/mol. The zero-order valence-corrected chi connectivity index (χ0v) is 14.2. The summed E-state index contributed by atoms with van der Waals surface area (Å²) in [4.78, 5) is 14.0. The van der Waals surface area contributed by atoms with Crippen molar-refractivity contribution in [2.75, 3.05) is 32.7 Å². The summed E-state index contributed by atoms with van der Waals surface area (Å²) in [6.07, 6.45) is 4.65. The molecule has 1 heterocycles. The van der Waals surface area contributed by atoms with E-state index in [9.17, 15) is 4.79 Å². The topological polar surface area (TPSA) is 53.6 Å². The molecule has 1 aliphatic rings. The molecule has 1 fully saturated rings. The lowest BCUT2D eigenvalue weighted by Gasteiger charge is -2.32. The second-order valence-electron chi connectivity index (χ2n) is 6.93. The van der Waals surface area contributed by atoms with Crippen LogP contribution in [0.25, 0.3) is 0 Å². The molecular formula is C16H33N3O2. The van der Waals surface area contributed by atoms with Crippen molar-refractivity contribution in [3.05, 3.63) is 0 Å². The van der Waals surface area contributed by atoms with E-state index in [1.807, 2.05) is 20.8 Å². The van der Waals surface area contributed by atoms with Crippen LogP contribution in [0.15, 0.2) is 0 Å². The molecule has 2 N–H and O–H groups in total. The van der Waals surface area contributed by atoms with E-state index in [2.05, 4.69) is 22.5 Å². The quantitative estimate of drug-likeness (QED) is 0.709. The molecule has 0 spiro atoms. The van der Waals surface area contributed by atoms with Crippen LogP contribution in [0.5, 0.6) is 0 Å². The maximum absolute atomic E-state index is 11.4. The van der Waals surface area contributed by atoms with Gasteiger partial charge in [-0.05, 0) is 66.6 Å². The van der Waals surface area contributed by atoms with Gasteiger partial charge in [0, 0.05) is 19.1 Å². The van der Waals surface area contributed by atoms with Crippen LogP contribution < -0.4 is 10.6 Å². The van der Waals surface area contributed by atoms with Crippen LogP contribution in [0.2, 0.25) is 0 Å². The predicted octanol–water partition coefficient (Wildman–Crippen LogP) is 2.37. The summed E-state index contributed by atoms with van der Waals surface area (Å²) in [5.74, 6) is 0. The molecule has 0 aromatic carbocycles. The Kier molecular flexibility index (Phi) is 8.04. The highest BCUT2D eigenvalue weighted by Crippen LogP contribution is 2.11. The summed E-state index contributed by atoms with van der Waals surface area (Å²) in [7, 11) is 0. The van der Waals surface area contributed by atoms with Gasteiger partial charge in [-0.2, -0.15) is 0 Å². The van der Waals surface area contributed by atoms with Crippen LogP contribution in [0, 0.1) is 0 Å². The highest BCUT2D eigenvalue weighted by Gasteiger charge is 2.16. The maximum atomic E-state index is 11.4. The Morgan fingerprint density at radius 3 is 2.48 bits per heavy atom. The maximum Gasteiger partial charge on any atom is 0.407 e. The van der Waals surface area contributed by atoms with Gasteiger partial charge in [0.25, 0.3) is 0 Å². The van der Waals surface area contributed by atoms with Gasteiger partial charge >= 0.3 is 6.09 Å². The lowest BCUT2D eigenvalue weighted by atomic mass is 10.1. The van der Waals surface area contributed by atoms with Crippen molar-refractivity contribution >= 4 is 6.09 Å². The minimum atomic E-state index is -0.424. The van der Waals surface area contributed by atoms with Gasteiger partial charge in [-0.15, -0.1) is 0 Å². The molecule has 1 unspecified atom stereocenters. The van der Waals surface area contributed by atoms with Crippen LogP contribution in [0.1, 0.15) is 53.4 Å². The van der Waals surface area contributed by atoms with Crippen molar-refractivity contribution in [3.63, 3.8) is 0 Å². The molecule has 21 heavy (non-hydrogen) atoms. The number of rotatable bonds is 7. The monoisotopic (exact) mass is 299 g/mol. The number of likely N-dealkylation sites (tertiary alicyclic amines) is 1. The van der Waals surface area contributed by atoms with Gasteiger partial charge in [-0.25, -0.2) is 4.79 Å². The standard InChI is InChI=1S/C16H33N3O2/c1-14(19-11-6-5-7-12-19)13-17-9-8-10-18-15(20)21-16(2,3)4/h14,17H,5-13H2,1-4H3,(H,18,20). The fraction of sp³-hybridized carbons (Fsp3) is 0.938. The van der Waals surface area contributed by atoms with Crippen molar-refractivity contribution in [1.82, 2.24) is 15.5 Å². The van der Waals surface area contributed by atoms with Gasteiger partial charge in [-0.1, -0.05) is 6.42 Å². The minimum Gasteiger partial charge on any atom is -0.444 e. The van der Waals surface area contributed by atoms with Crippen LogP contribution in [0.4, 0.5) is 4.79 Å². The normalized spacial score (nSPS) is 18.3. The fourth-order valence-electron chi connectivity index (χ4n) is 2.52. The predicted molar refractivity (Wildman–Crippen MR) is 86.6 cm³/mol. The van der Waals surface area contributed by atoms with Gasteiger partial charge in [0.1, 0.15) is 5.60 Å². The number of carbonyl (C=O) groups is 1. The summed E-state index contributed by atoms with van der Waals surface area (Å²) in [5.41, 5.74) is -0.424. The van der Waals surface area contributed by atoms with Gasteiger partial charge < -0.3 is 15.4 Å². The number of ether oxygens (including phenoxy) is 1. The Labute approximate surface area is 129 Å². The van der Waals surface area contributed by atoms with Crippen molar-refractivity contribution in [1.29, 1.82) is 0 Å². The summed E-state index contributed by atoms with van der Waals surface area (Å²) in [6, 6.07) is 0.601. The summed E-state index contributed by atoms with van der Waals surface area (Å²) >= 11 is 0. The average molecular weight is 299 g/mol. The van der Waals surface area contributed by atoms with Crippen molar-refractivity contribution in [2.45, 2.75) is 65.0 Å². The zero-order valence-electron chi connectivity index (χ0n) is 14.2. The third-order valence-corrected chi connectivity index (χ3v) is 3.65. The molecule has 0 aromatic rings. The number of amides is 1. The van der Waals surface area contributed by atoms with E-state index >= 15 is 0 Å². The largest absolute Gasteiger partial charge is 0.444 e. The molecule has 1 atom stereocenters. The van der Waals surface area contributed by atoms with Crippen LogP contribution in [-0.4, -0.2) is 55.4 Å². The first kappa shape index (κ1) is 18.2. The molecule has 0 radical (unpaired) electrons. The minimum absolute atomic E-state index is 0.329. The molecule has 1 rings (SSSR count). The van der Waals surface area contributed by atoms with E-state index in [0.29, 0.717) is 12.6 Å². The first-order chi connectivity index (χ1) is 9.88. The number of hydrogen-bond donors (Lipinski definition) is 2. The number of piperidine rings is 1. The lowest BCUT2D eigenvalue weighted by molar-refractivity contribution is 0.0527. The van der Waals surface area contributed by atoms with E-state index in [-0.39, 0.29) is 6.09 Å². The van der Waals surface area contributed by atoms with Crippen molar-refractivity contribution < 1.29 is 9.53 Å². The average Bonchev–Trinajstić information content (AvgIpc) is 2.41. The van der Waals surface area contributed by atoms with Gasteiger partial charge in [-0.3, -0.25) is 4.90 Å². The van der Waals surface area contributed by atoms with E-state index in [1.165, 1.54) is 32.4 Å². The summed E-state index contributed by atoms with van der Waals surface area (Å²) in [6.45, 7) is 13.0. The second-order valence-corrected chi connectivity index (χ2v) is 6.93. The van der Waals surface area contributed by atoms with E-state index in [0.717, 1.165) is 19.5 Å². The van der Waals surface area contributed by atoms with Crippen LogP contribution >= 0.6 is 0 Å². The highest BCUT2D eigenvalue weighted by molar-refractivity contribution is 5.67. The Balaban J connectivity index is 1.98. The molecule has 1 amide bonds. The molecule has 5 nitrogen and oxygen atoms in total. The van der Waals surface area contributed by atoms with Crippen LogP contribution in [0.3, 0.4) is 0 Å². The van der Waals surface area contributed by atoms with Gasteiger partial charge in [0.15, 0.2) is 0 Å². The number of carbonyl (C=O) groups excluding carboxylic acids is 1. The third-order valence-electron chi connectivity index (χ3n) is 3.65. The fourth-order valence-corrected chi connectivity index (χ4v) is 2.52. The number of nitrogens with zero attached hydrogens (tertiary/aromatic N) is 1. The Bertz CT molecular complexity index is 296. The molecule has 0 saturated carbocycles. The van der Waals surface area contributed by atoms with E-state index in [1.54, 1.807) is 0 Å². The lowest BCUT2D eigenvalue weighted by Crippen LogP contribution is -2.43. The Morgan fingerprint density at radius 2 is 1.86 bits per heavy atom. The molecule has 0 bridgehead atoms. The zero-order chi connectivity index (χ0) is 15.7. The summed E-state index contributed by atoms with van der Waals surface area (Å²) in [5, 5.41) is 6.25. The molecule has 1 aliphatic heterocycles. The van der Waals surface area contributed by atoms with Crippen molar-refractivity contribution in [3.8, 4) is 0 Å². The molecule has 1 saturated heterocycles. The van der Waals surface area contributed by atoms with E-state index in [4.69, 9.17) is 4.74 Å². The first-order valence-electron chi connectivity index (χ1n) is 8.30. The smallest absolute Gasteiger partial charge is 0.407 e. The number of nitrogens with one attached hydrogen (secondary N) is 2. The number of hydrogen-bond acceptors (Lipinski definition) is 4. The van der Waals surface area contributed by atoms with E-state index < -0.39 is 5.60 Å². The molecule has 124 valence electrons. The Hall–Kier alpha value is -0.810.